The molecule has 0 spiro atoms. The molecule has 1 rings (SSSR count). The van der Waals surface area contributed by atoms with Crippen molar-refractivity contribution in [3.05, 3.63) is 34.3 Å². The maximum atomic E-state index is 10.5. The van der Waals surface area contributed by atoms with E-state index in [9.17, 15) is 4.79 Å². The smallest absolute Gasteiger partial charge is 0.151 e. The zero-order chi connectivity index (χ0) is 10.4. The van der Waals surface area contributed by atoms with Gasteiger partial charge >= 0.3 is 0 Å². The highest BCUT2D eigenvalue weighted by molar-refractivity contribution is 7.80. The van der Waals surface area contributed by atoms with Crippen molar-refractivity contribution in [1.29, 1.82) is 0 Å². The molecule has 0 bridgehead atoms. The molecular formula is C11H9ClOS. The molecule has 14 heavy (non-hydrogen) atoms. The van der Waals surface area contributed by atoms with Crippen LogP contribution in [-0.4, -0.2) is 12.0 Å². The predicted molar refractivity (Wildman–Crippen MR) is 62.2 cm³/mol. The molecule has 0 atom stereocenters. The normalized spacial score (nSPS) is 9.00. The summed E-state index contributed by atoms with van der Waals surface area (Å²) in [5, 5.41) is 0.442. The molecule has 0 aliphatic carbocycles. The first-order chi connectivity index (χ1) is 6.77. The van der Waals surface area contributed by atoms with E-state index in [1.165, 1.54) is 0 Å². The molecule has 0 N–H and O–H groups in total. The average molecular weight is 225 g/mol. The molecule has 0 heterocycles. The van der Waals surface area contributed by atoms with Gasteiger partial charge in [0.05, 0.1) is 5.02 Å². The SMILES string of the molecule is O=Cc1ccc(C#CCCS)cc1Cl. The van der Waals surface area contributed by atoms with Gasteiger partial charge < -0.3 is 0 Å². The lowest BCUT2D eigenvalue weighted by Gasteiger charge is -1.95. The van der Waals surface area contributed by atoms with Gasteiger partial charge in [0, 0.05) is 23.3 Å². The maximum absolute atomic E-state index is 10.5. The lowest BCUT2D eigenvalue weighted by Crippen LogP contribution is -1.83. The molecule has 1 aromatic carbocycles. The van der Waals surface area contributed by atoms with Gasteiger partial charge in [-0.2, -0.15) is 12.6 Å². The maximum Gasteiger partial charge on any atom is 0.151 e. The van der Waals surface area contributed by atoms with Gasteiger partial charge in [-0.1, -0.05) is 23.4 Å². The summed E-state index contributed by atoms with van der Waals surface area (Å²) in [6, 6.07) is 5.14. The van der Waals surface area contributed by atoms with Crippen molar-refractivity contribution in [1.82, 2.24) is 0 Å². The van der Waals surface area contributed by atoms with E-state index in [0.29, 0.717) is 10.6 Å². The van der Waals surface area contributed by atoms with E-state index < -0.39 is 0 Å². The molecule has 0 amide bonds. The Kier molecular flexibility index (Phi) is 4.58. The second-order valence-corrected chi connectivity index (χ2v) is 3.48. The summed E-state index contributed by atoms with van der Waals surface area (Å²) in [6.45, 7) is 0. The minimum atomic E-state index is 0.442. The van der Waals surface area contributed by atoms with E-state index in [0.717, 1.165) is 24.0 Å². The molecule has 3 heteroatoms. The van der Waals surface area contributed by atoms with Crippen molar-refractivity contribution in [3.8, 4) is 11.8 Å². The summed E-state index contributed by atoms with van der Waals surface area (Å²) in [5.74, 6) is 6.62. The average Bonchev–Trinajstić information content (AvgIpc) is 2.18. The quantitative estimate of drug-likeness (QED) is 0.465. The second kappa shape index (κ2) is 5.74. The summed E-state index contributed by atoms with van der Waals surface area (Å²) in [4.78, 5) is 10.5. The number of carbonyl (C=O) groups is 1. The number of benzene rings is 1. The van der Waals surface area contributed by atoms with Crippen LogP contribution in [0, 0.1) is 11.8 Å². The van der Waals surface area contributed by atoms with Crippen molar-refractivity contribution in [2.75, 3.05) is 5.75 Å². The summed E-state index contributed by atoms with van der Waals surface area (Å²) in [6.07, 6.45) is 1.48. The highest BCUT2D eigenvalue weighted by Crippen LogP contribution is 2.15. The number of thiol groups is 1. The highest BCUT2D eigenvalue weighted by atomic mass is 35.5. The summed E-state index contributed by atoms with van der Waals surface area (Å²) < 4.78 is 0. The lowest BCUT2D eigenvalue weighted by molar-refractivity contribution is 0.112. The number of rotatable bonds is 2. The minimum absolute atomic E-state index is 0.442. The Morgan fingerprint density at radius 1 is 1.50 bits per heavy atom. The molecular weight excluding hydrogens is 216 g/mol. The van der Waals surface area contributed by atoms with Crippen molar-refractivity contribution in [2.24, 2.45) is 0 Å². The van der Waals surface area contributed by atoms with Crippen LogP contribution in [0.4, 0.5) is 0 Å². The van der Waals surface area contributed by atoms with Crippen molar-refractivity contribution >= 4 is 30.5 Å². The third-order valence-electron chi connectivity index (χ3n) is 1.60. The minimum Gasteiger partial charge on any atom is -0.298 e. The number of aldehydes is 1. The van der Waals surface area contributed by atoms with Crippen LogP contribution >= 0.6 is 24.2 Å². The Morgan fingerprint density at radius 3 is 2.86 bits per heavy atom. The lowest BCUT2D eigenvalue weighted by atomic mass is 10.1. The molecule has 0 saturated carbocycles. The second-order valence-electron chi connectivity index (χ2n) is 2.63. The van der Waals surface area contributed by atoms with Gasteiger partial charge in [0.1, 0.15) is 0 Å². The number of hydrogen-bond donors (Lipinski definition) is 1. The van der Waals surface area contributed by atoms with Gasteiger partial charge in [-0.15, -0.1) is 0 Å². The van der Waals surface area contributed by atoms with Crippen LogP contribution in [-0.2, 0) is 0 Å². The van der Waals surface area contributed by atoms with Crippen LogP contribution < -0.4 is 0 Å². The molecule has 1 nitrogen and oxygen atoms in total. The third-order valence-corrected chi connectivity index (χ3v) is 2.15. The fourth-order valence-electron chi connectivity index (χ4n) is 0.921. The van der Waals surface area contributed by atoms with E-state index in [4.69, 9.17) is 11.6 Å². The molecule has 0 saturated heterocycles. The van der Waals surface area contributed by atoms with E-state index in [1.807, 2.05) is 0 Å². The van der Waals surface area contributed by atoms with E-state index in [2.05, 4.69) is 24.5 Å². The monoisotopic (exact) mass is 224 g/mol. The van der Waals surface area contributed by atoms with Crippen molar-refractivity contribution < 1.29 is 4.79 Å². The van der Waals surface area contributed by atoms with Gasteiger partial charge in [-0.25, -0.2) is 0 Å². The largest absolute Gasteiger partial charge is 0.298 e. The van der Waals surface area contributed by atoms with Gasteiger partial charge in [-0.3, -0.25) is 4.79 Å². The first-order valence-corrected chi connectivity index (χ1v) is 5.13. The Bertz CT molecular complexity index is 390. The first kappa shape index (κ1) is 11.2. The zero-order valence-electron chi connectivity index (χ0n) is 7.46. The van der Waals surface area contributed by atoms with Crippen molar-refractivity contribution in [3.63, 3.8) is 0 Å². The van der Waals surface area contributed by atoms with Crippen LogP contribution in [0.3, 0.4) is 0 Å². The Labute approximate surface area is 93.9 Å². The molecule has 1 aromatic rings. The summed E-state index contributed by atoms with van der Waals surface area (Å²) >= 11 is 9.87. The third kappa shape index (κ3) is 3.10. The van der Waals surface area contributed by atoms with Gasteiger partial charge in [-0.05, 0) is 18.2 Å². The highest BCUT2D eigenvalue weighted by Gasteiger charge is 1.98. The first-order valence-electron chi connectivity index (χ1n) is 4.12. The Morgan fingerprint density at radius 2 is 2.29 bits per heavy atom. The fraction of sp³-hybridized carbons (Fsp3) is 0.182. The van der Waals surface area contributed by atoms with Crippen LogP contribution in [0.25, 0.3) is 0 Å². The predicted octanol–water partition coefficient (Wildman–Crippen LogP) is 2.82. The van der Waals surface area contributed by atoms with Gasteiger partial charge in [0.25, 0.3) is 0 Å². The standard InChI is InChI=1S/C11H9ClOS/c12-11-7-9(3-1-2-6-14)4-5-10(11)8-13/h4-5,7-8,14H,2,6H2. The molecule has 0 aliphatic rings. The Hall–Kier alpha value is -0.910. The Balaban J connectivity index is 2.88. The van der Waals surface area contributed by atoms with Crippen molar-refractivity contribution in [2.45, 2.75) is 6.42 Å². The van der Waals surface area contributed by atoms with Gasteiger partial charge in [0.2, 0.25) is 0 Å². The molecule has 0 unspecified atom stereocenters. The summed E-state index contributed by atoms with van der Waals surface area (Å²) in [5.41, 5.74) is 1.31. The van der Waals surface area contributed by atoms with E-state index in [1.54, 1.807) is 18.2 Å². The molecule has 0 radical (unpaired) electrons. The molecule has 0 aromatic heterocycles. The van der Waals surface area contributed by atoms with Crippen LogP contribution in [0.15, 0.2) is 18.2 Å². The number of carbonyl (C=O) groups excluding carboxylic acids is 1. The van der Waals surface area contributed by atoms with Gasteiger partial charge in [0.15, 0.2) is 6.29 Å². The van der Waals surface area contributed by atoms with Crippen LogP contribution in [0.1, 0.15) is 22.3 Å². The molecule has 0 aliphatic heterocycles. The summed E-state index contributed by atoms with van der Waals surface area (Å²) in [7, 11) is 0. The van der Waals surface area contributed by atoms with Crippen LogP contribution in [0.2, 0.25) is 5.02 Å². The fourth-order valence-corrected chi connectivity index (χ4v) is 1.26. The van der Waals surface area contributed by atoms with E-state index >= 15 is 0 Å². The van der Waals surface area contributed by atoms with E-state index in [-0.39, 0.29) is 0 Å². The number of hydrogen-bond acceptors (Lipinski definition) is 2. The molecule has 0 fully saturated rings. The zero-order valence-corrected chi connectivity index (χ0v) is 9.11. The molecule has 72 valence electrons. The number of halogens is 1. The topological polar surface area (TPSA) is 17.1 Å². The van der Waals surface area contributed by atoms with Crippen LogP contribution in [0.5, 0.6) is 0 Å².